The molecule has 5 heteroatoms. The van der Waals surface area contributed by atoms with Crippen molar-refractivity contribution in [2.75, 3.05) is 18.0 Å². The fourth-order valence-corrected chi connectivity index (χ4v) is 2.58. The zero-order valence-corrected chi connectivity index (χ0v) is 11.6. The summed E-state index contributed by atoms with van der Waals surface area (Å²) in [6.45, 7) is 10.4. The molecule has 2 N–H and O–H groups in total. The first-order valence-corrected chi connectivity index (χ1v) is 6.28. The number of ether oxygens (including phenoxy) is 1. The van der Waals surface area contributed by atoms with Crippen LogP contribution in [0.5, 0.6) is 0 Å². The van der Waals surface area contributed by atoms with E-state index in [1.54, 1.807) is 6.20 Å². The molecular weight excluding hydrogens is 228 g/mol. The molecule has 0 radical (unpaired) electrons. The average molecular weight is 250 g/mol. The summed E-state index contributed by atoms with van der Waals surface area (Å²) in [5, 5.41) is 0. The van der Waals surface area contributed by atoms with Crippen molar-refractivity contribution in [3.8, 4) is 0 Å². The van der Waals surface area contributed by atoms with Crippen LogP contribution >= 0.6 is 0 Å². The van der Waals surface area contributed by atoms with E-state index in [0.717, 1.165) is 24.7 Å². The molecule has 1 aliphatic rings. The normalized spacial score (nSPS) is 21.9. The third-order valence-electron chi connectivity index (χ3n) is 2.89. The van der Waals surface area contributed by atoms with Crippen molar-refractivity contribution in [3.63, 3.8) is 0 Å². The summed E-state index contributed by atoms with van der Waals surface area (Å²) < 4.78 is 6.05. The molecule has 1 aromatic heterocycles. The smallest absolute Gasteiger partial charge is 0.225 e. The van der Waals surface area contributed by atoms with Gasteiger partial charge in [-0.2, -0.15) is 0 Å². The molecular formula is C13H22N4O. The number of nitrogens with zero attached hydrogens (tertiary/aromatic N) is 3. The lowest BCUT2D eigenvalue weighted by molar-refractivity contribution is -0.133. The molecule has 0 aliphatic carbocycles. The van der Waals surface area contributed by atoms with Gasteiger partial charge < -0.3 is 15.4 Å². The first-order valence-electron chi connectivity index (χ1n) is 6.28. The van der Waals surface area contributed by atoms with Gasteiger partial charge >= 0.3 is 0 Å². The highest BCUT2D eigenvalue weighted by Crippen LogP contribution is 2.29. The van der Waals surface area contributed by atoms with E-state index in [1.807, 2.05) is 6.07 Å². The van der Waals surface area contributed by atoms with Gasteiger partial charge in [-0.05, 0) is 33.8 Å². The van der Waals surface area contributed by atoms with Crippen molar-refractivity contribution in [2.24, 2.45) is 5.73 Å². The second kappa shape index (κ2) is 4.48. The Balaban J connectivity index is 2.26. The summed E-state index contributed by atoms with van der Waals surface area (Å²) in [5.74, 6) is 0.738. The van der Waals surface area contributed by atoms with Gasteiger partial charge in [-0.3, -0.25) is 0 Å². The minimum atomic E-state index is -0.205. The summed E-state index contributed by atoms with van der Waals surface area (Å²) in [6.07, 6.45) is 1.76. The van der Waals surface area contributed by atoms with Gasteiger partial charge in [-0.25, -0.2) is 9.97 Å². The Kier molecular flexibility index (Phi) is 3.29. The predicted molar refractivity (Wildman–Crippen MR) is 71.4 cm³/mol. The van der Waals surface area contributed by atoms with Crippen molar-refractivity contribution in [2.45, 2.75) is 45.4 Å². The van der Waals surface area contributed by atoms with E-state index in [0.29, 0.717) is 6.54 Å². The number of hydrogen-bond acceptors (Lipinski definition) is 5. The number of hydrogen-bond donors (Lipinski definition) is 1. The van der Waals surface area contributed by atoms with Gasteiger partial charge in [0.25, 0.3) is 0 Å². The second-order valence-electron chi connectivity index (χ2n) is 6.03. The lowest BCUT2D eigenvalue weighted by Gasteiger charge is -2.47. The largest absolute Gasteiger partial charge is 0.366 e. The van der Waals surface area contributed by atoms with E-state index in [2.05, 4.69) is 42.6 Å². The van der Waals surface area contributed by atoms with Crippen LogP contribution in [0.15, 0.2) is 12.3 Å². The zero-order chi connectivity index (χ0) is 13.4. The molecule has 5 nitrogen and oxygen atoms in total. The number of morpholine rings is 1. The van der Waals surface area contributed by atoms with Crippen LogP contribution in [0.1, 0.15) is 33.4 Å². The molecule has 1 saturated heterocycles. The molecule has 0 aromatic carbocycles. The maximum absolute atomic E-state index is 6.05. The zero-order valence-electron chi connectivity index (χ0n) is 11.6. The summed E-state index contributed by atoms with van der Waals surface area (Å²) >= 11 is 0. The van der Waals surface area contributed by atoms with Gasteiger partial charge in [0.15, 0.2) is 0 Å². The van der Waals surface area contributed by atoms with Gasteiger partial charge in [-0.1, -0.05) is 0 Å². The van der Waals surface area contributed by atoms with Crippen LogP contribution in [0.4, 0.5) is 5.95 Å². The monoisotopic (exact) mass is 250 g/mol. The molecule has 2 heterocycles. The van der Waals surface area contributed by atoms with E-state index in [-0.39, 0.29) is 11.2 Å². The van der Waals surface area contributed by atoms with Crippen LogP contribution in [0.25, 0.3) is 0 Å². The Hall–Kier alpha value is -1.20. The Labute approximate surface area is 108 Å². The van der Waals surface area contributed by atoms with E-state index in [9.17, 15) is 0 Å². The molecule has 18 heavy (non-hydrogen) atoms. The summed E-state index contributed by atoms with van der Waals surface area (Å²) in [7, 11) is 0. The molecule has 1 aromatic rings. The number of aromatic nitrogens is 2. The fraction of sp³-hybridized carbons (Fsp3) is 0.692. The Morgan fingerprint density at radius 2 is 1.89 bits per heavy atom. The summed E-state index contributed by atoms with van der Waals surface area (Å²) in [4.78, 5) is 11.0. The number of rotatable bonds is 2. The van der Waals surface area contributed by atoms with Gasteiger partial charge in [-0.15, -0.1) is 0 Å². The Morgan fingerprint density at radius 3 is 2.44 bits per heavy atom. The van der Waals surface area contributed by atoms with Crippen molar-refractivity contribution in [3.05, 3.63) is 18.0 Å². The molecule has 0 unspecified atom stereocenters. The van der Waals surface area contributed by atoms with E-state index in [1.165, 1.54) is 0 Å². The molecule has 1 aliphatic heterocycles. The molecule has 1 fully saturated rings. The Bertz CT molecular complexity index is 415. The highest BCUT2D eigenvalue weighted by molar-refractivity contribution is 5.33. The maximum Gasteiger partial charge on any atom is 0.225 e. The first kappa shape index (κ1) is 13.2. The third kappa shape index (κ3) is 2.97. The Morgan fingerprint density at radius 1 is 1.28 bits per heavy atom. The van der Waals surface area contributed by atoms with Gasteiger partial charge in [0.05, 0.1) is 16.9 Å². The molecule has 100 valence electrons. The third-order valence-corrected chi connectivity index (χ3v) is 2.89. The lowest BCUT2D eigenvalue weighted by Crippen LogP contribution is -2.57. The standard InChI is InChI=1S/C13H22N4O/c1-12(2)8-17(9-13(3,4)18-12)11-15-6-5-10(7-14)16-11/h5-6H,7-9,14H2,1-4H3. The van der Waals surface area contributed by atoms with Crippen LogP contribution in [-0.2, 0) is 11.3 Å². The van der Waals surface area contributed by atoms with E-state index >= 15 is 0 Å². The summed E-state index contributed by atoms with van der Waals surface area (Å²) in [6, 6.07) is 1.85. The van der Waals surface area contributed by atoms with Crippen molar-refractivity contribution < 1.29 is 4.74 Å². The molecule has 0 saturated carbocycles. The van der Waals surface area contributed by atoms with Crippen molar-refractivity contribution in [1.29, 1.82) is 0 Å². The van der Waals surface area contributed by atoms with E-state index in [4.69, 9.17) is 10.5 Å². The van der Waals surface area contributed by atoms with Crippen LogP contribution in [0.3, 0.4) is 0 Å². The second-order valence-corrected chi connectivity index (χ2v) is 6.03. The van der Waals surface area contributed by atoms with E-state index < -0.39 is 0 Å². The average Bonchev–Trinajstić information content (AvgIpc) is 2.25. The highest BCUT2D eigenvalue weighted by atomic mass is 16.5. The first-order chi connectivity index (χ1) is 8.31. The highest BCUT2D eigenvalue weighted by Gasteiger charge is 2.39. The van der Waals surface area contributed by atoms with Crippen LogP contribution in [0, 0.1) is 0 Å². The quantitative estimate of drug-likeness (QED) is 0.858. The van der Waals surface area contributed by atoms with Crippen LogP contribution in [-0.4, -0.2) is 34.3 Å². The molecule has 0 spiro atoms. The summed E-state index contributed by atoms with van der Waals surface area (Å²) in [5.41, 5.74) is 6.08. The molecule has 0 bridgehead atoms. The molecule has 0 atom stereocenters. The molecule has 0 amide bonds. The van der Waals surface area contributed by atoms with Crippen molar-refractivity contribution >= 4 is 5.95 Å². The van der Waals surface area contributed by atoms with Gasteiger partial charge in [0.2, 0.25) is 5.95 Å². The molecule has 2 rings (SSSR count). The SMILES string of the molecule is CC1(C)CN(c2nccc(CN)n2)CC(C)(C)O1. The maximum atomic E-state index is 6.05. The number of anilines is 1. The minimum Gasteiger partial charge on any atom is -0.366 e. The topological polar surface area (TPSA) is 64.3 Å². The van der Waals surface area contributed by atoms with Crippen LogP contribution < -0.4 is 10.6 Å². The lowest BCUT2D eigenvalue weighted by atomic mass is 9.99. The van der Waals surface area contributed by atoms with Gasteiger partial charge in [0, 0.05) is 25.8 Å². The van der Waals surface area contributed by atoms with Crippen molar-refractivity contribution in [1.82, 2.24) is 9.97 Å². The minimum absolute atomic E-state index is 0.205. The van der Waals surface area contributed by atoms with Gasteiger partial charge in [0.1, 0.15) is 0 Å². The number of nitrogens with two attached hydrogens (primary N) is 1. The predicted octanol–water partition coefficient (Wildman–Crippen LogP) is 1.33. The fourth-order valence-electron chi connectivity index (χ4n) is 2.58. The van der Waals surface area contributed by atoms with Crippen LogP contribution in [0.2, 0.25) is 0 Å².